The third kappa shape index (κ3) is 3.81. The molecule has 0 radical (unpaired) electrons. The standard InChI is InChI=1S/C26H40O6/c1-5-6-7-8-22(28)31-21-10-12-24(2)19(25(21,3)16-27)9-13-26(4)20(24)15-18(32-26)17-11-14-30-23(17)29/h11,18-21,27H,5-10,12-16H2,1-4H3/t18?,19-,20?,21+,24+,25-,26+/m0/s1. The van der Waals surface area contributed by atoms with Crippen LogP contribution in [0.4, 0.5) is 0 Å². The van der Waals surface area contributed by atoms with Crippen molar-refractivity contribution in [1.82, 2.24) is 0 Å². The topological polar surface area (TPSA) is 82.1 Å². The summed E-state index contributed by atoms with van der Waals surface area (Å²) in [6.45, 7) is 9.09. The van der Waals surface area contributed by atoms with Crippen LogP contribution in [0.5, 0.6) is 0 Å². The summed E-state index contributed by atoms with van der Waals surface area (Å²) in [7, 11) is 0. The van der Waals surface area contributed by atoms with Crippen molar-refractivity contribution in [3.8, 4) is 0 Å². The van der Waals surface area contributed by atoms with Gasteiger partial charge in [-0.1, -0.05) is 33.6 Å². The number of aliphatic hydroxyl groups excluding tert-OH is 1. The van der Waals surface area contributed by atoms with Gasteiger partial charge in [-0.25, -0.2) is 4.79 Å². The van der Waals surface area contributed by atoms with Crippen molar-refractivity contribution in [2.45, 2.75) is 103 Å². The molecule has 3 fully saturated rings. The van der Waals surface area contributed by atoms with E-state index in [9.17, 15) is 14.7 Å². The highest BCUT2D eigenvalue weighted by Gasteiger charge is 2.65. The Morgan fingerprint density at radius 3 is 2.62 bits per heavy atom. The molecule has 0 aromatic rings. The van der Waals surface area contributed by atoms with Gasteiger partial charge < -0.3 is 19.3 Å². The molecule has 0 spiro atoms. The first kappa shape index (κ1) is 23.7. The van der Waals surface area contributed by atoms with Gasteiger partial charge in [0.15, 0.2) is 0 Å². The number of carbonyl (C=O) groups excluding carboxylic acids is 2. The van der Waals surface area contributed by atoms with Gasteiger partial charge in [-0.05, 0) is 68.8 Å². The van der Waals surface area contributed by atoms with E-state index >= 15 is 0 Å². The van der Waals surface area contributed by atoms with Crippen LogP contribution in [0.25, 0.3) is 0 Å². The number of rotatable bonds is 7. The Morgan fingerprint density at radius 2 is 1.97 bits per heavy atom. The van der Waals surface area contributed by atoms with E-state index in [2.05, 4.69) is 27.7 Å². The van der Waals surface area contributed by atoms with Crippen molar-refractivity contribution in [3.05, 3.63) is 11.6 Å². The van der Waals surface area contributed by atoms with Crippen molar-refractivity contribution in [1.29, 1.82) is 0 Å². The molecule has 4 rings (SSSR count). The number of fused-ring (bicyclic) bond motifs is 3. The van der Waals surface area contributed by atoms with Gasteiger partial charge in [0, 0.05) is 11.8 Å². The summed E-state index contributed by atoms with van der Waals surface area (Å²) in [6.07, 6.45) is 9.08. The summed E-state index contributed by atoms with van der Waals surface area (Å²) in [5, 5.41) is 10.6. The van der Waals surface area contributed by atoms with Gasteiger partial charge in [0.1, 0.15) is 12.7 Å². The second-order valence-electron chi connectivity index (χ2n) is 11.2. The van der Waals surface area contributed by atoms with Crippen molar-refractivity contribution in [3.63, 3.8) is 0 Å². The number of hydrogen-bond donors (Lipinski definition) is 1. The van der Waals surface area contributed by atoms with Crippen LogP contribution in [0.3, 0.4) is 0 Å². The van der Waals surface area contributed by atoms with E-state index in [1.807, 2.05) is 6.08 Å². The van der Waals surface area contributed by atoms with Crippen molar-refractivity contribution in [2.75, 3.05) is 13.2 Å². The minimum atomic E-state index is -0.474. The van der Waals surface area contributed by atoms with Gasteiger partial charge in [0.2, 0.25) is 0 Å². The maximum absolute atomic E-state index is 12.5. The largest absolute Gasteiger partial charge is 0.462 e. The van der Waals surface area contributed by atoms with Gasteiger partial charge in [-0.15, -0.1) is 0 Å². The van der Waals surface area contributed by atoms with Gasteiger partial charge in [0.05, 0.1) is 23.9 Å². The van der Waals surface area contributed by atoms with Crippen LogP contribution in [0, 0.1) is 22.7 Å². The minimum absolute atomic E-state index is 0.00532. The Bertz CT molecular complexity index is 776. The highest BCUT2D eigenvalue weighted by molar-refractivity contribution is 5.91. The fraction of sp³-hybridized carbons (Fsp3) is 0.846. The van der Waals surface area contributed by atoms with Gasteiger partial charge >= 0.3 is 11.9 Å². The maximum atomic E-state index is 12.5. The van der Waals surface area contributed by atoms with Crippen LogP contribution in [0.15, 0.2) is 11.6 Å². The predicted octanol–water partition coefficient (Wildman–Crippen LogP) is 4.33. The summed E-state index contributed by atoms with van der Waals surface area (Å²) >= 11 is 0. The Labute approximate surface area is 192 Å². The monoisotopic (exact) mass is 448 g/mol. The molecule has 2 aliphatic carbocycles. The van der Waals surface area contributed by atoms with Crippen molar-refractivity contribution >= 4 is 11.9 Å². The number of ether oxygens (including phenoxy) is 3. The van der Waals surface area contributed by atoms with Crippen LogP contribution in [0.1, 0.15) is 85.5 Å². The van der Waals surface area contributed by atoms with E-state index in [-0.39, 0.29) is 53.6 Å². The molecule has 2 heterocycles. The molecule has 1 saturated heterocycles. The number of aliphatic hydroxyl groups is 1. The number of hydrogen-bond acceptors (Lipinski definition) is 6. The zero-order chi connectivity index (χ0) is 23.1. The normalized spacial score (nSPS) is 43.3. The van der Waals surface area contributed by atoms with Crippen LogP contribution in [-0.2, 0) is 23.8 Å². The summed E-state index contributed by atoms with van der Waals surface area (Å²) in [6, 6.07) is 0. The predicted molar refractivity (Wildman–Crippen MR) is 120 cm³/mol. The summed E-state index contributed by atoms with van der Waals surface area (Å²) in [5.41, 5.74) is -0.147. The molecule has 4 aliphatic rings. The van der Waals surface area contributed by atoms with Gasteiger partial charge in [-0.2, -0.15) is 0 Å². The average Bonchev–Trinajstić information content (AvgIpc) is 3.34. The molecule has 0 aromatic carbocycles. The summed E-state index contributed by atoms with van der Waals surface area (Å²) in [5.74, 6) is 0.119. The lowest BCUT2D eigenvalue weighted by Crippen LogP contribution is -2.61. The van der Waals surface area contributed by atoms with Crippen molar-refractivity contribution < 1.29 is 28.9 Å². The number of unbranched alkanes of at least 4 members (excludes halogenated alkanes) is 2. The second kappa shape index (κ2) is 8.75. The lowest BCUT2D eigenvalue weighted by molar-refractivity contribution is -0.210. The lowest BCUT2D eigenvalue weighted by atomic mass is 9.44. The highest BCUT2D eigenvalue weighted by atomic mass is 16.6. The average molecular weight is 449 g/mol. The maximum Gasteiger partial charge on any atom is 0.336 e. The molecule has 2 aliphatic heterocycles. The number of esters is 2. The van der Waals surface area contributed by atoms with Crippen LogP contribution in [-0.4, -0.2) is 48.1 Å². The van der Waals surface area contributed by atoms with E-state index < -0.39 is 5.41 Å². The molecule has 7 atom stereocenters. The first-order chi connectivity index (χ1) is 15.2. The molecule has 32 heavy (non-hydrogen) atoms. The summed E-state index contributed by atoms with van der Waals surface area (Å²) < 4.78 is 17.7. The SMILES string of the molecule is CCCCCC(=O)O[C@@H]1CC[C@@]2(C)C3CC(C4=CCOC4=O)O[C@]3(C)CC[C@@H]2[C@]1(C)CO. The molecule has 0 amide bonds. The molecule has 180 valence electrons. The van der Waals surface area contributed by atoms with Crippen molar-refractivity contribution in [2.24, 2.45) is 22.7 Å². The van der Waals surface area contributed by atoms with E-state index in [4.69, 9.17) is 14.2 Å². The Balaban J connectivity index is 1.53. The zero-order valence-corrected chi connectivity index (χ0v) is 20.2. The highest BCUT2D eigenvalue weighted by Crippen LogP contribution is 2.66. The van der Waals surface area contributed by atoms with E-state index in [0.717, 1.165) is 51.4 Å². The Hall–Kier alpha value is -1.40. The van der Waals surface area contributed by atoms with Gasteiger partial charge in [-0.3, -0.25) is 4.79 Å². The van der Waals surface area contributed by atoms with Crippen LogP contribution < -0.4 is 0 Å². The van der Waals surface area contributed by atoms with Gasteiger partial charge in [0.25, 0.3) is 0 Å². The quantitative estimate of drug-likeness (QED) is 0.461. The molecule has 0 aromatic heterocycles. The second-order valence-corrected chi connectivity index (χ2v) is 11.2. The molecule has 6 heteroatoms. The zero-order valence-electron chi connectivity index (χ0n) is 20.2. The molecule has 0 bridgehead atoms. The van der Waals surface area contributed by atoms with E-state index in [0.29, 0.717) is 18.6 Å². The number of cyclic esters (lactones) is 1. The molecule has 1 N–H and O–H groups in total. The Morgan fingerprint density at radius 1 is 1.19 bits per heavy atom. The Kier molecular flexibility index (Phi) is 6.49. The van der Waals surface area contributed by atoms with E-state index in [1.54, 1.807) is 0 Å². The first-order valence-electron chi connectivity index (χ1n) is 12.5. The molecule has 2 unspecified atom stereocenters. The molecular weight excluding hydrogens is 408 g/mol. The third-order valence-electron chi connectivity index (χ3n) is 9.30. The van der Waals surface area contributed by atoms with E-state index in [1.165, 1.54) is 0 Å². The molecule has 2 saturated carbocycles. The lowest BCUT2D eigenvalue weighted by Gasteiger charge is -2.62. The summed E-state index contributed by atoms with van der Waals surface area (Å²) in [4.78, 5) is 24.7. The fourth-order valence-corrected chi connectivity index (χ4v) is 7.52. The molecule has 6 nitrogen and oxygen atoms in total. The van der Waals surface area contributed by atoms with Crippen LogP contribution >= 0.6 is 0 Å². The number of carbonyl (C=O) groups is 2. The first-order valence-corrected chi connectivity index (χ1v) is 12.5. The minimum Gasteiger partial charge on any atom is -0.462 e. The fourth-order valence-electron chi connectivity index (χ4n) is 7.52. The third-order valence-corrected chi connectivity index (χ3v) is 9.30. The molecular formula is C26H40O6. The smallest absolute Gasteiger partial charge is 0.336 e. The van der Waals surface area contributed by atoms with Crippen LogP contribution in [0.2, 0.25) is 0 Å².